The second kappa shape index (κ2) is 6.04. The maximum Gasteiger partial charge on any atom is 0.0753 e. The fourth-order valence-electron chi connectivity index (χ4n) is 2.41. The van der Waals surface area contributed by atoms with Crippen molar-refractivity contribution in [3.05, 3.63) is 62.9 Å². The molecule has 0 fully saturated rings. The maximum absolute atomic E-state index is 4.57. The normalized spacial score (nSPS) is 12.7. The van der Waals surface area contributed by atoms with E-state index in [0.29, 0.717) is 0 Å². The fraction of sp³-hybridized carbons (Fsp3) is 0.188. The van der Waals surface area contributed by atoms with E-state index in [-0.39, 0.29) is 6.04 Å². The minimum atomic E-state index is 0.190. The number of nitrogens with zero attached hydrogens (tertiary/aromatic N) is 1. The van der Waals surface area contributed by atoms with Gasteiger partial charge in [-0.25, -0.2) is 0 Å². The first-order valence-corrected chi connectivity index (χ1v) is 8.28. The van der Waals surface area contributed by atoms with Crippen LogP contribution in [0.2, 0.25) is 0 Å². The van der Waals surface area contributed by atoms with Gasteiger partial charge in [-0.15, -0.1) is 11.3 Å². The molecule has 0 amide bonds. The first kappa shape index (κ1) is 13.7. The zero-order valence-electron chi connectivity index (χ0n) is 11.1. The molecular weight excluding hydrogens is 332 g/mol. The predicted octanol–water partition coefficient (Wildman–Crippen LogP) is 4.76. The van der Waals surface area contributed by atoms with Gasteiger partial charge >= 0.3 is 0 Å². The Bertz CT molecular complexity index is 718. The predicted molar refractivity (Wildman–Crippen MR) is 89.3 cm³/mol. The largest absolute Gasteiger partial charge is 0.306 e. The van der Waals surface area contributed by atoms with Crippen LogP contribution in [0.3, 0.4) is 0 Å². The van der Waals surface area contributed by atoms with Crippen molar-refractivity contribution >= 4 is 38.2 Å². The number of benzene rings is 1. The highest BCUT2D eigenvalue weighted by Gasteiger charge is 2.17. The Balaban J connectivity index is 2.14. The van der Waals surface area contributed by atoms with Gasteiger partial charge in [-0.3, -0.25) is 4.98 Å². The summed E-state index contributed by atoms with van der Waals surface area (Å²) in [5.74, 6) is 0. The summed E-state index contributed by atoms with van der Waals surface area (Å²) in [6, 6.07) is 12.8. The standard InChI is InChI=1S/C16H15BrN2S/c1-2-18-16(14-9-12(17)10-20-14)13-7-3-5-11-6-4-8-19-15(11)13/h3-10,16,18H,2H2,1H3. The Morgan fingerprint density at radius 3 is 2.90 bits per heavy atom. The van der Waals surface area contributed by atoms with Crippen molar-refractivity contribution in [1.29, 1.82) is 0 Å². The first-order chi connectivity index (χ1) is 9.79. The van der Waals surface area contributed by atoms with Crippen LogP contribution < -0.4 is 5.32 Å². The topological polar surface area (TPSA) is 24.9 Å². The number of para-hydroxylation sites is 1. The van der Waals surface area contributed by atoms with Crippen LogP contribution in [0.15, 0.2) is 52.4 Å². The summed E-state index contributed by atoms with van der Waals surface area (Å²) in [4.78, 5) is 5.87. The van der Waals surface area contributed by atoms with Crippen LogP contribution >= 0.6 is 27.3 Å². The van der Waals surface area contributed by atoms with Gasteiger partial charge in [0, 0.05) is 31.9 Å². The summed E-state index contributed by atoms with van der Waals surface area (Å²) in [7, 11) is 0. The molecule has 0 spiro atoms. The summed E-state index contributed by atoms with van der Waals surface area (Å²) < 4.78 is 1.13. The second-order valence-electron chi connectivity index (χ2n) is 4.58. The maximum atomic E-state index is 4.57. The van der Waals surface area contributed by atoms with E-state index in [9.17, 15) is 0 Å². The van der Waals surface area contributed by atoms with Crippen molar-refractivity contribution in [2.45, 2.75) is 13.0 Å². The molecule has 2 aromatic heterocycles. The molecule has 1 aromatic carbocycles. The zero-order chi connectivity index (χ0) is 13.9. The van der Waals surface area contributed by atoms with E-state index in [2.05, 4.69) is 68.9 Å². The van der Waals surface area contributed by atoms with Crippen LogP contribution in [0.25, 0.3) is 10.9 Å². The Labute approximate surface area is 131 Å². The smallest absolute Gasteiger partial charge is 0.0753 e. The van der Waals surface area contributed by atoms with Crippen molar-refractivity contribution in [2.24, 2.45) is 0 Å². The molecule has 0 aliphatic rings. The Kier molecular flexibility index (Phi) is 4.15. The Hall–Kier alpha value is -1.23. The number of fused-ring (bicyclic) bond motifs is 1. The molecule has 3 rings (SSSR count). The molecule has 0 aliphatic heterocycles. The number of pyridine rings is 1. The second-order valence-corrected chi connectivity index (χ2v) is 6.44. The quantitative estimate of drug-likeness (QED) is 0.736. The monoisotopic (exact) mass is 346 g/mol. The van der Waals surface area contributed by atoms with Crippen LogP contribution in [-0.2, 0) is 0 Å². The summed E-state index contributed by atoms with van der Waals surface area (Å²) in [6.45, 7) is 3.05. The number of aromatic nitrogens is 1. The van der Waals surface area contributed by atoms with Crippen LogP contribution in [0.1, 0.15) is 23.4 Å². The average Bonchev–Trinajstić information content (AvgIpc) is 2.91. The van der Waals surface area contributed by atoms with Crippen molar-refractivity contribution in [2.75, 3.05) is 6.54 Å². The number of thiophene rings is 1. The van der Waals surface area contributed by atoms with E-state index in [0.717, 1.165) is 16.5 Å². The lowest BCUT2D eigenvalue weighted by Gasteiger charge is -2.18. The van der Waals surface area contributed by atoms with E-state index in [1.54, 1.807) is 11.3 Å². The third-order valence-corrected chi connectivity index (χ3v) is 5.01. The van der Waals surface area contributed by atoms with Gasteiger partial charge in [0.25, 0.3) is 0 Å². The number of hydrogen-bond donors (Lipinski definition) is 1. The highest BCUT2D eigenvalue weighted by Crippen LogP contribution is 2.32. The molecule has 102 valence electrons. The molecule has 20 heavy (non-hydrogen) atoms. The molecule has 2 heterocycles. The molecule has 1 unspecified atom stereocenters. The molecule has 3 aromatic rings. The summed E-state index contributed by atoms with van der Waals surface area (Å²) in [5.41, 5.74) is 2.31. The Morgan fingerprint density at radius 1 is 1.30 bits per heavy atom. The highest BCUT2D eigenvalue weighted by molar-refractivity contribution is 9.10. The molecule has 1 atom stereocenters. The van der Waals surface area contributed by atoms with Gasteiger partial charge < -0.3 is 5.32 Å². The van der Waals surface area contributed by atoms with E-state index < -0.39 is 0 Å². The van der Waals surface area contributed by atoms with E-state index in [1.165, 1.54) is 15.8 Å². The summed E-state index contributed by atoms with van der Waals surface area (Å²) in [5, 5.41) is 6.88. The van der Waals surface area contributed by atoms with E-state index >= 15 is 0 Å². The third-order valence-electron chi connectivity index (χ3n) is 3.26. The van der Waals surface area contributed by atoms with Gasteiger partial charge in [0.2, 0.25) is 0 Å². The fourth-order valence-corrected chi connectivity index (χ4v) is 3.94. The van der Waals surface area contributed by atoms with Gasteiger partial charge in [0.15, 0.2) is 0 Å². The van der Waals surface area contributed by atoms with E-state index in [4.69, 9.17) is 0 Å². The lowest BCUT2D eigenvalue weighted by molar-refractivity contribution is 0.642. The van der Waals surface area contributed by atoms with Crippen LogP contribution in [0, 0.1) is 0 Å². The molecule has 0 radical (unpaired) electrons. The molecular formula is C16H15BrN2S. The molecule has 0 saturated heterocycles. The van der Waals surface area contributed by atoms with Gasteiger partial charge in [0.1, 0.15) is 0 Å². The number of halogens is 1. The Morgan fingerprint density at radius 2 is 2.15 bits per heavy atom. The molecule has 0 bridgehead atoms. The SMILES string of the molecule is CCNC(c1cc(Br)cs1)c1cccc2cccnc12. The molecule has 0 saturated carbocycles. The lowest BCUT2D eigenvalue weighted by atomic mass is 10.0. The van der Waals surface area contributed by atoms with Crippen molar-refractivity contribution in [3.8, 4) is 0 Å². The zero-order valence-corrected chi connectivity index (χ0v) is 13.5. The lowest BCUT2D eigenvalue weighted by Crippen LogP contribution is -2.21. The van der Waals surface area contributed by atoms with Gasteiger partial charge in [-0.05, 0) is 34.6 Å². The minimum absolute atomic E-state index is 0.190. The van der Waals surface area contributed by atoms with Crippen LogP contribution in [0.5, 0.6) is 0 Å². The van der Waals surface area contributed by atoms with Crippen LogP contribution in [0.4, 0.5) is 0 Å². The van der Waals surface area contributed by atoms with E-state index in [1.807, 2.05) is 12.3 Å². The molecule has 1 N–H and O–H groups in total. The van der Waals surface area contributed by atoms with Gasteiger partial charge in [-0.2, -0.15) is 0 Å². The van der Waals surface area contributed by atoms with Crippen molar-refractivity contribution in [1.82, 2.24) is 10.3 Å². The van der Waals surface area contributed by atoms with Gasteiger partial charge in [0.05, 0.1) is 11.6 Å². The number of rotatable bonds is 4. The molecule has 4 heteroatoms. The van der Waals surface area contributed by atoms with Crippen molar-refractivity contribution in [3.63, 3.8) is 0 Å². The average molecular weight is 347 g/mol. The first-order valence-electron chi connectivity index (χ1n) is 6.60. The highest BCUT2D eigenvalue weighted by atomic mass is 79.9. The summed E-state index contributed by atoms with van der Waals surface area (Å²) >= 11 is 5.30. The van der Waals surface area contributed by atoms with Crippen molar-refractivity contribution < 1.29 is 0 Å². The molecule has 2 nitrogen and oxygen atoms in total. The third kappa shape index (κ3) is 2.64. The summed E-state index contributed by atoms with van der Waals surface area (Å²) in [6.07, 6.45) is 1.86. The minimum Gasteiger partial charge on any atom is -0.306 e. The molecule has 0 aliphatic carbocycles. The number of hydrogen-bond acceptors (Lipinski definition) is 3. The van der Waals surface area contributed by atoms with Gasteiger partial charge in [-0.1, -0.05) is 31.2 Å². The van der Waals surface area contributed by atoms with Crippen LogP contribution in [-0.4, -0.2) is 11.5 Å². The number of nitrogens with one attached hydrogen (secondary N) is 1.